The molecule has 162 valence electrons. The Balaban J connectivity index is 1.29. The lowest BCUT2D eigenvalue weighted by Crippen LogP contribution is -2.25. The Hall–Kier alpha value is -3.65. The molecule has 0 radical (unpaired) electrons. The highest BCUT2D eigenvalue weighted by molar-refractivity contribution is 8.01. The number of nitrogens with one attached hydrogen (secondary N) is 3. The smallest absolute Gasteiger partial charge is 0.237 e. The molecule has 0 saturated carbocycles. The van der Waals surface area contributed by atoms with Crippen molar-refractivity contribution >= 4 is 46.0 Å². The number of para-hydroxylation sites is 2. The largest absolute Gasteiger partial charge is 0.338 e. The summed E-state index contributed by atoms with van der Waals surface area (Å²) in [6.07, 6.45) is 0. The lowest BCUT2D eigenvalue weighted by molar-refractivity contribution is -0.115. The van der Waals surface area contributed by atoms with Crippen molar-refractivity contribution in [2.45, 2.75) is 12.2 Å². The molecule has 0 bridgehead atoms. The van der Waals surface area contributed by atoms with Crippen LogP contribution >= 0.6 is 11.8 Å². The van der Waals surface area contributed by atoms with E-state index in [9.17, 15) is 14.0 Å². The van der Waals surface area contributed by atoms with Crippen LogP contribution in [0.25, 0.3) is 22.4 Å². The fourth-order valence-corrected chi connectivity index (χ4v) is 3.74. The van der Waals surface area contributed by atoms with Gasteiger partial charge in [0, 0.05) is 16.9 Å². The third-order valence-electron chi connectivity index (χ3n) is 4.78. The van der Waals surface area contributed by atoms with Gasteiger partial charge in [0.25, 0.3) is 0 Å². The van der Waals surface area contributed by atoms with Gasteiger partial charge in [-0.3, -0.25) is 9.59 Å². The molecule has 4 aromatic rings. The van der Waals surface area contributed by atoms with E-state index in [0.29, 0.717) is 11.4 Å². The van der Waals surface area contributed by atoms with Gasteiger partial charge in [-0.15, -0.1) is 11.8 Å². The second-order valence-electron chi connectivity index (χ2n) is 7.18. The summed E-state index contributed by atoms with van der Waals surface area (Å²) in [5.74, 6) is 0.0581. The zero-order chi connectivity index (χ0) is 22.5. The fourth-order valence-electron chi connectivity index (χ4n) is 3.05. The number of amides is 2. The van der Waals surface area contributed by atoms with Crippen molar-refractivity contribution in [2.24, 2.45) is 0 Å². The Morgan fingerprint density at radius 3 is 2.34 bits per heavy atom. The molecule has 0 aliphatic heterocycles. The number of hydrogen-bond acceptors (Lipinski definition) is 4. The number of halogens is 1. The number of nitrogens with zero attached hydrogens (tertiary/aromatic N) is 1. The summed E-state index contributed by atoms with van der Waals surface area (Å²) in [5, 5.41) is 5.11. The van der Waals surface area contributed by atoms with E-state index in [1.165, 1.54) is 36.0 Å². The molecule has 0 fully saturated rings. The third-order valence-corrected chi connectivity index (χ3v) is 5.92. The quantitative estimate of drug-likeness (QED) is 0.368. The number of benzene rings is 3. The number of H-pyrrole nitrogens is 1. The SMILES string of the molecule is C[C@@H](SCC(=O)Nc1ccc(F)cc1)C(=O)Nc1ccc(-c2nc3ccccc3[nH]2)cc1. The summed E-state index contributed by atoms with van der Waals surface area (Å²) in [6, 6.07) is 20.8. The van der Waals surface area contributed by atoms with Crippen molar-refractivity contribution in [3.63, 3.8) is 0 Å². The number of aromatic nitrogens is 2. The molecule has 8 heteroatoms. The summed E-state index contributed by atoms with van der Waals surface area (Å²) < 4.78 is 12.9. The maximum atomic E-state index is 12.9. The highest BCUT2D eigenvalue weighted by Gasteiger charge is 2.16. The topological polar surface area (TPSA) is 86.9 Å². The number of aromatic amines is 1. The Morgan fingerprint density at radius 1 is 0.969 bits per heavy atom. The maximum Gasteiger partial charge on any atom is 0.237 e. The number of anilines is 2. The molecule has 3 aromatic carbocycles. The van der Waals surface area contributed by atoms with E-state index in [0.717, 1.165) is 22.4 Å². The average Bonchev–Trinajstić information content (AvgIpc) is 3.24. The first kappa shape index (κ1) is 21.6. The van der Waals surface area contributed by atoms with Gasteiger partial charge in [-0.25, -0.2) is 9.37 Å². The number of carbonyl (C=O) groups excluding carboxylic acids is 2. The molecule has 32 heavy (non-hydrogen) atoms. The van der Waals surface area contributed by atoms with E-state index in [-0.39, 0.29) is 23.4 Å². The second-order valence-corrected chi connectivity index (χ2v) is 8.51. The minimum Gasteiger partial charge on any atom is -0.338 e. The van der Waals surface area contributed by atoms with Crippen LogP contribution < -0.4 is 10.6 Å². The van der Waals surface area contributed by atoms with Crippen LogP contribution in [-0.4, -0.2) is 32.8 Å². The van der Waals surface area contributed by atoms with Gasteiger partial charge in [-0.1, -0.05) is 12.1 Å². The van der Waals surface area contributed by atoms with Crippen molar-refractivity contribution < 1.29 is 14.0 Å². The normalized spacial score (nSPS) is 11.8. The van der Waals surface area contributed by atoms with E-state index >= 15 is 0 Å². The third kappa shape index (κ3) is 5.33. The molecule has 2 amide bonds. The van der Waals surface area contributed by atoms with Crippen LogP contribution in [0.15, 0.2) is 72.8 Å². The Bertz CT molecular complexity index is 1210. The average molecular weight is 449 g/mol. The van der Waals surface area contributed by atoms with Gasteiger partial charge in [-0.05, 0) is 67.6 Å². The molecule has 0 unspecified atom stereocenters. The molecule has 3 N–H and O–H groups in total. The molecule has 0 saturated heterocycles. The zero-order valence-electron chi connectivity index (χ0n) is 17.3. The lowest BCUT2D eigenvalue weighted by Gasteiger charge is -2.12. The number of imidazole rings is 1. The number of thioether (sulfide) groups is 1. The lowest BCUT2D eigenvalue weighted by atomic mass is 10.2. The van der Waals surface area contributed by atoms with Crippen LogP contribution in [0.1, 0.15) is 6.92 Å². The molecule has 0 aliphatic rings. The number of carbonyl (C=O) groups is 2. The summed E-state index contributed by atoms with van der Waals surface area (Å²) in [6.45, 7) is 1.74. The molecule has 6 nitrogen and oxygen atoms in total. The van der Waals surface area contributed by atoms with Crippen LogP contribution in [0.4, 0.5) is 15.8 Å². The first-order valence-electron chi connectivity index (χ1n) is 10.0. The minimum atomic E-state index is -0.427. The van der Waals surface area contributed by atoms with Gasteiger partial charge in [0.05, 0.1) is 22.0 Å². The summed E-state index contributed by atoms with van der Waals surface area (Å²) in [5.41, 5.74) is 3.96. The number of hydrogen-bond donors (Lipinski definition) is 3. The van der Waals surface area contributed by atoms with E-state index in [1.54, 1.807) is 6.92 Å². The van der Waals surface area contributed by atoms with Gasteiger partial charge in [0.1, 0.15) is 11.6 Å². The van der Waals surface area contributed by atoms with Gasteiger partial charge >= 0.3 is 0 Å². The highest BCUT2D eigenvalue weighted by atomic mass is 32.2. The van der Waals surface area contributed by atoms with E-state index in [4.69, 9.17) is 0 Å². The Kier molecular flexibility index (Phi) is 6.51. The highest BCUT2D eigenvalue weighted by Crippen LogP contribution is 2.22. The van der Waals surface area contributed by atoms with E-state index in [2.05, 4.69) is 20.6 Å². The molecule has 1 atom stereocenters. The van der Waals surface area contributed by atoms with Crippen molar-refractivity contribution in [1.29, 1.82) is 0 Å². The van der Waals surface area contributed by atoms with Crippen LogP contribution in [0.2, 0.25) is 0 Å². The number of rotatable bonds is 7. The summed E-state index contributed by atoms with van der Waals surface area (Å²) in [4.78, 5) is 32.4. The monoisotopic (exact) mass is 448 g/mol. The molecule has 0 aliphatic carbocycles. The van der Waals surface area contributed by atoms with Crippen molar-refractivity contribution in [3.8, 4) is 11.4 Å². The Labute approximate surface area is 188 Å². The summed E-state index contributed by atoms with van der Waals surface area (Å²) in [7, 11) is 0. The summed E-state index contributed by atoms with van der Waals surface area (Å²) >= 11 is 1.22. The molecule has 0 spiro atoms. The minimum absolute atomic E-state index is 0.108. The van der Waals surface area contributed by atoms with Gasteiger partial charge in [-0.2, -0.15) is 0 Å². The van der Waals surface area contributed by atoms with E-state index < -0.39 is 5.25 Å². The Morgan fingerprint density at radius 2 is 1.62 bits per heavy atom. The van der Waals surface area contributed by atoms with Crippen molar-refractivity contribution in [2.75, 3.05) is 16.4 Å². The van der Waals surface area contributed by atoms with Crippen LogP contribution in [0, 0.1) is 5.82 Å². The second kappa shape index (κ2) is 9.65. The van der Waals surface area contributed by atoms with Crippen LogP contribution in [-0.2, 0) is 9.59 Å². The van der Waals surface area contributed by atoms with Crippen molar-refractivity contribution in [3.05, 3.63) is 78.6 Å². The molecular weight excluding hydrogens is 427 g/mol. The molecule has 4 rings (SSSR count). The fraction of sp³-hybridized carbons (Fsp3) is 0.125. The van der Waals surface area contributed by atoms with Crippen molar-refractivity contribution in [1.82, 2.24) is 9.97 Å². The standard InChI is InChI=1S/C24H21FN4O2S/c1-15(32-14-22(30)26-18-12-8-17(25)9-13-18)24(31)27-19-10-6-16(7-11-19)23-28-20-4-2-3-5-21(20)29-23/h2-13,15H,14H2,1H3,(H,26,30)(H,27,31)(H,28,29)/t15-/m1/s1. The zero-order valence-corrected chi connectivity index (χ0v) is 18.1. The first-order valence-corrected chi connectivity index (χ1v) is 11.1. The van der Waals surface area contributed by atoms with Gasteiger partial charge in [0.15, 0.2) is 0 Å². The van der Waals surface area contributed by atoms with Gasteiger partial charge < -0.3 is 15.6 Å². The molecule has 1 heterocycles. The van der Waals surface area contributed by atoms with Crippen LogP contribution in [0.5, 0.6) is 0 Å². The first-order chi connectivity index (χ1) is 15.5. The predicted molar refractivity (Wildman–Crippen MR) is 127 cm³/mol. The van der Waals surface area contributed by atoms with Gasteiger partial charge in [0.2, 0.25) is 11.8 Å². The molecular formula is C24H21FN4O2S. The maximum absolute atomic E-state index is 12.9. The van der Waals surface area contributed by atoms with Crippen LogP contribution in [0.3, 0.4) is 0 Å². The predicted octanol–water partition coefficient (Wildman–Crippen LogP) is 5.07. The molecule has 1 aromatic heterocycles. The number of fused-ring (bicyclic) bond motifs is 1. The van der Waals surface area contributed by atoms with E-state index in [1.807, 2.05) is 48.5 Å².